The molecule has 3 heteroatoms. The second kappa shape index (κ2) is 6.93. The second-order valence-corrected chi connectivity index (χ2v) is 5.77. The molecule has 0 atom stereocenters. The van der Waals surface area contributed by atoms with Crippen molar-refractivity contribution < 1.29 is 0 Å². The maximum Gasteiger partial charge on any atom is 0.0690 e. The van der Waals surface area contributed by atoms with Crippen LogP contribution in [-0.2, 0) is 6.42 Å². The molecule has 0 fully saturated rings. The zero-order valence-electron chi connectivity index (χ0n) is 8.82. The van der Waals surface area contributed by atoms with Crippen molar-refractivity contribution in [2.75, 3.05) is 0 Å². The lowest BCUT2D eigenvalue weighted by atomic mass is 10.1. The van der Waals surface area contributed by atoms with Gasteiger partial charge in [-0.05, 0) is 62.4 Å². The van der Waals surface area contributed by atoms with Crippen LogP contribution in [0.2, 0.25) is 5.02 Å². The molecule has 0 aromatic heterocycles. The molecule has 15 heavy (non-hydrogen) atoms. The highest BCUT2D eigenvalue weighted by atomic mass is 79.9. The van der Waals surface area contributed by atoms with Crippen molar-refractivity contribution in [2.24, 2.45) is 0 Å². The smallest absolute Gasteiger partial charge is 0.0690 e. The Morgan fingerprint density at radius 1 is 1.07 bits per heavy atom. The van der Waals surface area contributed by atoms with E-state index in [0.29, 0.717) is 0 Å². The lowest BCUT2D eigenvalue weighted by Gasteiger charge is -2.05. The van der Waals surface area contributed by atoms with Crippen molar-refractivity contribution in [3.05, 3.63) is 31.7 Å². The van der Waals surface area contributed by atoms with Crippen molar-refractivity contribution in [1.29, 1.82) is 0 Å². The van der Waals surface area contributed by atoms with Gasteiger partial charge in [0.2, 0.25) is 0 Å². The van der Waals surface area contributed by atoms with Crippen LogP contribution in [0.3, 0.4) is 0 Å². The number of benzene rings is 1. The molecule has 1 aromatic carbocycles. The summed E-state index contributed by atoms with van der Waals surface area (Å²) in [5, 5.41) is 0.757. The maximum atomic E-state index is 6.04. The highest BCUT2D eigenvalue weighted by molar-refractivity contribution is 9.11. The molecule has 0 amide bonds. The number of halogens is 3. The van der Waals surface area contributed by atoms with Gasteiger partial charge >= 0.3 is 0 Å². The molecule has 0 bridgehead atoms. The first kappa shape index (κ1) is 13.5. The lowest BCUT2D eigenvalue weighted by Crippen LogP contribution is -1.87. The molecule has 0 saturated carbocycles. The first-order valence-corrected chi connectivity index (χ1v) is 7.25. The fraction of sp³-hybridized carbons (Fsp3) is 0.500. The maximum absolute atomic E-state index is 6.04. The fourth-order valence-electron chi connectivity index (χ4n) is 1.51. The molecule has 84 valence electrons. The first-order chi connectivity index (χ1) is 7.15. The molecular weight excluding hydrogens is 339 g/mol. The third kappa shape index (κ3) is 4.46. The van der Waals surface area contributed by atoms with Gasteiger partial charge in [0, 0.05) is 8.95 Å². The monoisotopic (exact) mass is 352 g/mol. The van der Waals surface area contributed by atoms with E-state index in [1.807, 2.05) is 0 Å². The van der Waals surface area contributed by atoms with Gasteiger partial charge in [-0.2, -0.15) is 0 Å². The van der Waals surface area contributed by atoms with Crippen LogP contribution < -0.4 is 0 Å². The van der Waals surface area contributed by atoms with Crippen LogP contribution >= 0.6 is 43.5 Å². The van der Waals surface area contributed by atoms with E-state index in [1.54, 1.807) is 0 Å². The lowest BCUT2D eigenvalue weighted by molar-refractivity contribution is 0.666. The van der Waals surface area contributed by atoms with E-state index in [0.717, 1.165) is 20.4 Å². The molecule has 0 aliphatic rings. The van der Waals surface area contributed by atoms with Gasteiger partial charge in [-0.1, -0.05) is 37.8 Å². The first-order valence-electron chi connectivity index (χ1n) is 5.28. The fourth-order valence-corrected chi connectivity index (χ4v) is 2.90. The van der Waals surface area contributed by atoms with Crippen molar-refractivity contribution in [1.82, 2.24) is 0 Å². The van der Waals surface area contributed by atoms with Gasteiger partial charge in [-0.25, -0.2) is 0 Å². The average Bonchev–Trinajstić information content (AvgIpc) is 2.21. The van der Waals surface area contributed by atoms with Crippen molar-refractivity contribution in [2.45, 2.75) is 39.0 Å². The highest BCUT2D eigenvalue weighted by Gasteiger charge is 2.04. The predicted molar refractivity (Wildman–Crippen MR) is 74.7 cm³/mol. The van der Waals surface area contributed by atoms with Crippen molar-refractivity contribution in [3.63, 3.8) is 0 Å². The Hall–Kier alpha value is 0.470. The van der Waals surface area contributed by atoms with Crippen LogP contribution in [-0.4, -0.2) is 0 Å². The normalized spacial score (nSPS) is 10.7. The van der Waals surface area contributed by atoms with Gasteiger partial charge in [0.25, 0.3) is 0 Å². The minimum Gasteiger partial charge on any atom is -0.0819 e. The number of rotatable bonds is 5. The van der Waals surface area contributed by atoms with Crippen LogP contribution in [0, 0.1) is 0 Å². The number of unbranched alkanes of at least 4 members (excludes halogenated alkanes) is 3. The molecule has 0 nitrogen and oxygen atoms in total. The molecule has 0 aliphatic heterocycles. The molecule has 0 unspecified atom stereocenters. The zero-order chi connectivity index (χ0) is 11.3. The van der Waals surface area contributed by atoms with Gasteiger partial charge < -0.3 is 0 Å². The summed E-state index contributed by atoms with van der Waals surface area (Å²) in [6.45, 7) is 2.23. The van der Waals surface area contributed by atoms with E-state index in [9.17, 15) is 0 Å². The van der Waals surface area contributed by atoms with Crippen molar-refractivity contribution >= 4 is 43.5 Å². The summed E-state index contributed by atoms with van der Waals surface area (Å²) in [7, 11) is 0. The summed E-state index contributed by atoms with van der Waals surface area (Å²) < 4.78 is 1.95. The van der Waals surface area contributed by atoms with Crippen LogP contribution in [0.1, 0.15) is 38.2 Å². The third-order valence-corrected chi connectivity index (χ3v) is 4.48. The number of hydrogen-bond acceptors (Lipinski definition) is 0. The highest BCUT2D eigenvalue weighted by Crippen LogP contribution is 2.32. The molecule has 0 spiro atoms. The molecule has 0 heterocycles. The molecule has 0 N–H and O–H groups in total. The summed E-state index contributed by atoms with van der Waals surface area (Å²) in [6, 6.07) is 4.22. The number of aryl methyl sites for hydroxylation is 1. The SMILES string of the molecule is CCCCCCc1cc(Br)c(Cl)c(Br)c1. The molecule has 1 rings (SSSR count). The average molecular weight is 355 g/mol. The zero-order valence-corrected chi connectivity index (χ0v) is 12.8. The van der Waals surface area contributed by atoms with Gasteiger partial charge in [-0.3, -0.25) is 0 Å². The molecule has 0 aliphatic carbocycles. The van der Waals surface area contributed by atoms with Gasteiger partial charge in [-0.15, -0.1) is 0 Å². The second-order valence-electron chi connectivity index (χ2n) is 3.68. The van der Waals surface area contributed by atoms with Crippen LogP contribution in [0.25, 0.3) is 0 Å². The van der Waals surface area contributed by atoms with E-state index in [1.165, 1.54) is 31.2 Å². The minimum absolute atomic E-state index is 0.757. The van der Waals surface area contributed by atoms with E-state index < -0.39 is 0 Å². The molecule has 0 saturated heterocycles. The number of hydrogen-bond donors (Lipinski definition) is 0. The van der Waals surface area contributed by atoms with E-state index in [2.05, 4.69) is 50.9 Å². The molecule has 0 radical (unpaired) electrons. The van der Waals surface area contributed by atoms with Crippen molar-refractivity contribution in [3.8, 4) is 0 Å². The van der Waals surface area contributed by atoms with E-state index >= 15 is 0 Å². The quantitative estimate of drug-likeness (QED) is 0.450. The van der Waals surface area contributed by atoms with E-state index in [-0.39, 0.29) is 0 Å². The summed E-state index contributed by atoms with van der Waals surface area (Å²) in [5.41, 5.74) is 1.34. The summed E-state index contributed by atoms with van der Waals surface area (Å²) >= 11 is 13.0. The Morgan fingerprint density at radius 2 is 1.67 bits per heavy atom. The largest absolute Gasteiger partial charge is 0.0819 e. The Bertz CT molecular complexity index is 300. The van der Waals surface area contributed by atoms with Gasteiger partial charge in [0.05, 0.1) is 5.02 Å². The minimum atomic E-state index is 0.757. The topological polar surface area (TPSA) is 0 Å². The van der Waals surface area contributed by atoms with Crippen LogP contribution in [0.5, 0.6) is 0 Å². The Labute approximate surface area is 114 Å². The molecular formula is C12H15Br2Cl. The van der Waals surface area contributed by atoms with Crippen LogP contribution in [0.4, 0.5) is 0 Å². The summed E-state index contributed by atoms with van der Waals surface area (Å²) in [5.74, 6) is 0. The van der Waals surface area contributed by atoms with Crippen LogP contribution in [0.15, 0.2) is 21.1 Å². The Kier molecular flexibility index (Phi) is 6.25. The summed E-state index contributed by atoms with van der Waals surface area (Å²) in [6.07, 6.45) is 6.32. The standard InChI is InChI=1S/C12H15Br2Cl/c1-2-3-4-5-6-9-7-10(13)12(15)11(14)8-9/h7-8H,2-6H2,1H3. The Balaban J connectivity index is 2.55. The Morgan fingerprint density at radius 3 is 2.20 bits per heavy atom. The predicted octanol–water partition coefficient (Wildman–Crippen LogP) is 5.99. The van der Waals surface area contributed by atoms with Gasteiger partial charge in [0.1, 0.15) is 0 Å². The van der Waals surface area contributed by atoms with E-state index in [4.69, 9.17) is 11.6 Å². The molecule has 1 aromatic rings. The third-order valence-electron chi connectivity index (χ3n) is 2.36. The van der Waals surface area contributed by atoms with Gasteiger partial charge in [0.15, 0.2) is 0 Å². The summed E-state index contributed by atoms with van der Waals surface area (Å²) in [4.78, 5) is 0.